The molecule has 2 aromatic carbocycles. The van der Waals surface area contributed by atoms with E-state index < -0.39 is 0 Å². The minimum Gasteiger partial charge on any atom is -0.484 e. The smallest absolute Gasteiger partial charge is 0.260 e. The number of benzene rings is 2. The molecule has 0 aromatic heterocycles. The molecule has 1 saturated heterocycles. The zero-order valence-corrected chi connectivity index (χ0v) is 15.6. The first kappa shape index (κ1) is 18.5. The van der Waals surface area contributed by atoms with Crippen LogP contribution in [-0.4, -0.2) is 37.6 Å². The van der Waals surface area contributed by atoms with Gasteiger partial charge in [0.1, 0.15) is 5.75 Å². The Morgan fingerprint density at radius 3 is 2.35 bits per heavy atom. The van der Waals surface area contributed by atoms with E-state index in [2.05, 4.69) is 12.1 Å². The van der Waals surface area contributed by atoms with E-state index in [0.717, 1.165) is 31.7 Å². The van der Waals surface area contributed by atoms with Crippen molar-refractivity contribution in [1.29, 1.82) is 0 Å². The van der Waals surface area contributed by atoms with E-state index >= 15 is 0 Å². The fraction of sp³-hybridized carbons (Fsp3) is 0.409. The van der Waals surface area contributed by atoms with Gasteiger partial charge in [0, 0.05) is 20.2 Å². The molecule has 0 bridgehead atoms. The van der Waals surface area contributed by atoms with Gasteiger partial charge in [0.15, 0.2) is 6.61 Å². The number of aryl methyl sites for hydroxylation is 1. The molecule has 138 valence electrons. The first-order valence-corrected chi connectivity index (χ1v) is 9.22. The molecule has 0 N–H and O–H groups in total. The van der Waals surface area contributed by atoms with E-state index in [-0.39, 0.29) is 18.6 Å². The quantitative estimate of drug-likeness (QED) is 0.788. The van der Waals surface area contributed by atoms with E-state index in [1.807, 2.05) is 54.3 Å². The standard InChI is InChI=1S/C22H27NO3/c1-17-8-10-20(11-9-17)26-16-21(24)23-14-12-19(13-15-23)22(25-2)18-6-4-3-5-7-18/h3-11,19,22H,12-16H2,1-2H3. The van der Waals surface area contributed by atoms with Gasteiger partial charge in [-0.15, -0.1) is 0 Å². The largest absolute Gasteiger partial charge is 0.484 e. The van der Waals surface area contributed by atoms with E-state index in [1.54, 1.807) is 7.11 Å². The fourth-order valence-corrected chi connectivity index (χ4v) is 3.57. The molecule has 1 atom stereocenters. The van der Waals surface area contributed by atoms with Crippen LogP contribution >= 0.6 is 0 Å². The molecule has 1 unspecified atom stereocenters. The Kier molecular flexibility index (Phi) is 6.29. The highest BCUT2D eigenvalue weighted by atomic mass is 16.5. The summed E-state index contributed by atoms with van der Waals surface area (Å²) in [5.74, 6) is 1.23. The van der Waals surface area contributed by atoms with Gasteiger partial charge in [-0.3, -0.25) is 4.79 Å². The number of rotatable bonds is 6. The zero-order chi connectivity index (χ0) is 18.4. The summed E-state index contributed by atoms with van der Waals surface area (Å²) in [6.07, 6.45) is 1.99. The van der Waals surface area contributed by atoms with Gasteiger partial charge in [0.05, 0.1) is 6.10 Å². The lowest BCUT2D eigenvalue weighted by Gasteiger charge is -2.35. The highest BCUT2D eigenvalue weighted by Crippen LogP contribution is 2.33. The van der Waals surface area contributed by atoms with Crippen molar-refractivity contribution in [3.05, 3.63) is 65.7 Å². The first-order chi connectivity index (χ1) is 12.7. The Morgan fingerprint density at radius 1 is 1.08 bits per heavy atom. The van der Waals surface area contributed by atoms with Crippen LogP contribution in [0.3, 0.4) is 0 Å². The second kappa shape index (κ2) is 8.86. The lowest BCUT2D eigenvalue weighted by atomic mass is 9.87. The van der Waals surface area contributed by atoms with E-state index in [4.69, 9.17) is 9.47 Å². The number of methoxy groups -OCH3 is 1. The van der Waals surface area contributed by atoms with Crippen molar-refractivity contribution in [2.45, 2.75) is 25.9 Å². The predicted octanol–water partition coefficient (Wildman–Crippen LogP) is 4.00. The van der Waals surface area contributed by atoms with Crippen LogP contribution in [0.15, 0.2) is 54.6 Å². The van der Waals surface area contributed by atoms with Crippen molar-refractivity contribution in [2.75, 3.05) is 26.8 Å². The van der Waals surface area contributed by atoms with Crippen LogP contribution in [-0.2, 0) is 9.53 Å². The number of hydrogen-bond donors (Lipinski definition) is 0. The van der Waals surface area contributed by atoms with Crippen LogP contribution in [0.4, 0.5) is 0 Å². The number of likely N-dealkylation sites (tertiary alicyclic amines) is 1. The summed E-state index contributed by atoms with van der Waals surface area (Å²) in [5.41, 5.74) is 2.39. The topological polar surface area (TPSA) is 38.8 Å². The number of nitrogens with zero attached hydrogens (tertiary/aromatic N) is 1. The van der Waals surface area contributed by atoms with Crippen molar-refractivity contribution < 1.29 is 14.3 Å². The molecule has 4 nitrogen and oxygen atoms in total. The van der Waals surface area contributed by atoms with E-state index in [0.29, 0.717) is 5.92 Å². The Bertz CT molecular complexity index is 691. The molecule has 1 heterocycles. The monoisotopic (exact) mass is 353 g/mol. The first-order valence-electron chi connectivity index (χ1n) is 9.22. The average Bonchev–Trinajstić information content (AvgIpc) is 2.69. The molecule has 0 saturated carbocycles. The molecular weight excluding hydrogens is 326 g/mol. The molecule has 2 aromatic rings. The molecule has 1 aliphatic heterocycles. The van der Waals surface area contributed by atoms with Gasteiger partial charge < -0.3 is 14.4 Å². The molecule has 1 fully saturated rings. The normalized spacial score (nSPS) is 16.3. The maximum atomic E-state index is 12.4. The van der Waals surface area contributed by atoms with Crippen LogP contribution in [0.5, 0.6) is 5.75 Å². The highest BCUT2D eigenvalue weighted by Gasteiger charge is 2.29. The van der Waals surface area contributed by atoms with Gasteiger partial charge in [-0.25, -0.2) is 0 Å². The summed E-state index contributed by atoms with van der Waals surface area (Å²) in [6, 6.07) is 18.1. The van der Waals surface area contributed by atoms with Crippen molar-refractivity contribution in [3.63, 3.8) is 0 Å². The maximum absolute atomic E-state index is 12.4. The summed E-state index contributed by atoms with van der Waals surface area (Å²) in [7, 11) is 1.77. The van der Waals surface area contributed by atoms with Crippen molar-refractivity contribution in [1.82, 2.24) is 4.90 Å². The molecule has 0 aliphatic carbocycles. The Morgan fingerprint density at radius 2 is 1.73 bits per heavy atom. The molecule has 0 spiro atoms. The minimum atomic E-state index is 0.0534. The number of carbonyl (C=O) groups is 1. The van der Waals surface area contributed by atoms with Crippen LogP contribution in [0.2, 0.25) is 0 Å². The fourth-order valence-electron chi connectivity index (χ4n) is 3.57. The van der Waals surface area contributed by atoms with Gasteiger partial charge in [0.25, 0.3) is 5.91 Å². The Balaban J connectivity index is 1.49. The minimum absolute atomic E-state index is 0.0534. The number of hydrogen-bond acceptors (Lipinski definition) is 3. The lowest BCUT2D eigenvalue weighted by molar-refractivity contribution is -0.135. The SMILES string of the molecule is COC(c1ccccc1)C1CCN(C(=O)COc2ccc(C)cc2)CC1. The summed E-state index contributed by atoms with van der Waals surface area (Å²) in [4.78, 5) is 14.3. The summed E-state index contributed by atoms with van der Waals surface area (Å²) in [6.45, 7) is 3.64. The number of amides is 1. The molecule has 1 aliphatic rings. The van der Waals surface area contributed by atoms with Crippen molar-refractivity contribution in [2.24, 2.45) is 5.92 Å². The third-order valence-corrected chi connectivity index (χ3v) is 5.09. The maximum Gasteiger partial charge on any atom is 0.260 e. The third-order valence-electron chi connectivity index (χ3n) is 5.09. The molecule has 0 radical (unpaired) electrons. The van der Waals surface area contributed by atoms with Crippen LogP contribution < -0.4 is 4.74 Å². The van der Waals surface area contributed by atoms with Gasteiger partial charge in [-0.05, 0) is 43.4 Å². The molecule has 4 heteroatoms. The average molecular weight is 353 g/mol. The van der Waals surface area contributed by atoms with E-state index in [9.17, 15) is 4.79 Å². The van der Waals surface area contributed by atoms with Gasteiger partial charge in [-0.2, -0.15) is 0 Å². The molecule has 26 heavy (non-hydrogen) atoms. The van der Waals surface area contributed by atoms with Crippen LogP contribution in [0.25, 0.3) is 0 Å². The van der Waals surface area contributed by atoms with Gasteiger partial charge in [0.2, 0.25) is 0 Å². The van der Waals surface area contributed by atoms with Gasteiger partial charge >= 0.3 is 0 Å². The van der Waals surface area contributed by atoms with Crippen molar-refractivity contribution in [3.8, 4) is 5.75 Å². The Labute approximate surface area is 155 Å². The molecule has 1 amide bonds. The molecule has 3 rings (SSSR count). The van der Waals surface area contributed by atoms with Crippen LogP contribution in [0, 0.1) is 12.8 Å². The van der Waals surface area contributed by atoms with E-state index in [1.165, 1.54) is 11.1 Å². The third kappa shape index (κ3) is 4.64. The number of carbonyl (C=O) groups excluding carboxylic acids is 1. The lowest BCUT2D eigenvalue weighted by Crippen LogP contribution is -2.42. The van der Waals surface area contributed by atoms with Crippen LogP contribution in [0.1, 0.15) is 30.1 Å². The zero-order valence-electron chi connectivity index (χ0n) is 15.6. The summed E-state index contributed by atoms with van der Waals surface area (Å²) in [5, 5.41) is 0. The predicted molar refractivity (Wildman–Crippen MR) is 102 cm³/mol. The van der Waals surface area contributed by atoms with Gasteiger partial charge in [-0.1, -0.05) is 48.0 Å². The Hall–Kier alpha value is -2.33. The van der Waals surface area contributed by atoms with Crippen molar-refractivity contribution >= 4 is 5.91 Å². The summed E-state index contributed by atoms with van der Waals surface area (Å²) >= 11 is 0. The second-order valence-corrected chi connectivity index (χ2v) is 6.89. The number of ether oxygens (including phenoxy) is 2. The summed E-state index contributed by atoms with van der Waals surface area (Å²) < 4.78 is 11.4. The number of piperidine rings is 1. The second-order valence-electron chi connectivity index (χ2n) is 6.89. The highest BCUT2D eigenvalue weighted by molar-refractivity contribution is 5.77. The molecular formula is C22H27NO3.